The molecule has 0 radical (unpaired) electrons. The first-order valence-corrected chi connectivity index (χ1v) is 6.81. The van der Waals surface area contributed by atoms with Crippen LogP contribution in [0.4, 0.5) is 5.82 Å². The fourth-order valence-corrected chi connectivity index (χ4v) is 2.55. The zero-order valence-corrected chi connectivity index (χ0v) is 11.7. The second-order valence-electron chi connectivity index (χ2n) is 4.42. The van der Waals surface area contributed by atoms with Gasteiger partial charge in [0.1, 0.15) is 11.6 Å². The summed E-state index contributed by atoms with van der Waals surface area (Å²) in [7, 11) is 0. The molecule has 0 aliphatic heterocycles. The summed E-state index contributed by atoms with van der Waals surface area (Å²) in [6, 6.07) is 10.2. The number of nitrogens with two attached hydrogens (primary N) is 1. The molecule has 0 amide bonds. The fourth-order valence-electron chi connectivity index (χ4n) is 1.72. The van der Waals surface area contributed by atoms with Crippen molar-refractivity contribution in [2.24, 2.45) is 0 Å². The van der Waals surface area contributed by atoms with Gasteiger partial charge in [-0.05, 0) is 19.1 Å². The molecule has 0 unspecified atom stereocenters. The molecule has 2 N–H and O–H groups in total. The highest BCUT2D eigenvalue weighted by Crippen LogP contribution is 2.26. The lowest BCUT2D eigenvalue weighted by atomic mass is 10.1. The van der Waals surface area contributed by atoms with Crippen molar-refractivity contribution < 1.29 is 0 Å². The molecule has 0 bridgehead atoms. The Hall–Kier alpha value is -1.55. The number of hydrogen-bond donors (Lipinski definition) is 1. The average Bonchev–Trinajstić information content (AvgIpc) is 2.27. The van der Waals surface area contributed by atoms with Gasteiger partial charge in [-0.2, -0.15) is 0 Å². The lowest BCUT2D eigenvalue weighted by Gasteiger charge is -2.07. The van der Waals surface area contributed by atoms with Gasteiger partial charge >= 0.3 is 0 Å². The van der Waals surface area contributed by atoms with Gasteiger partial charge in [0.25, 0.3) is 0 Å². The average molecular weight is 259 g/mol. The van der Waals surface area contributed by atoms with Crippen molar-refractivity contribution in [1.82, 2.24) is 9.97 Å². The molecule has 2 aromatic rings. The third-order valence-electron chi connectivity index (χ3n) is 2.38. The summed E-state index contributed by atoms with van der Waals surface area (Å²) in [5.74, 6) is 1.21. The Labute approximate surface area is 112 Å². The van der Waals surface area contributed by atoms with Crippen LogP contribution in [0.15, 0.2) is 35.2 Å². The van der Waals surface area contributed by atoms with E-state index in [-0.39, 0.29) is 0 Å². The molecule has 4 heteroatoms. The first-order valence-electron chi connectivity index (χ1n) is 5.93. The molecular formula is C14H17N3S. The lowest BCUT2D eigenvalue weighted by Crippen LogP contribution is -1.97. The van der Waals surface area contributed by atoms with Crippen LogP contribution in [0.2, 0.25) is 0 Å². The predicted molar refractivity (Wildman–Crippen MR) is 77.6 cm³/mol. The van der Waals surface area contributed by atoms with Gasteiger partial charge in [-0.3, -0.25) is 0 Å². The maximum Gasteiger partial charge on any atom is 0.128 e. The minimum atomic E-state index is 0.512. The third-order valence-corrected chi connectivity index (χ3v) is 3.40. The maximum absolute atomic E-state index is 5.74. The Morgan fingerprint density at radius 2 is 1.78 bits per heavy atom. The quantitative estimate of drug-likeness (QED) is 0.857. The molecule has 2 rings (SSSR count). The van der Waals surface area contributed by atoms with Crippen LogP contribution in [0.1, 0.15) is 19.7 Å². The first-order chi connectivity index (χ1) is 8.54. The van der Waals surface area contributed by atoms with Crippen LogP contribution in [-0.2, 0) is 0 Å². The van der Waals surface area contributed by atoms with Gasteiger partial charge in [-0.1, -0.05) is 26.0 Å². The second kappa shape index (κ2) is 5.40. The van der Waals surface area contributed by atoms with Crippen LogP contribution in [0.5, 0.6) is 0 Å². The highest BCUT2D eigenvalue weighted by molar-refractivity contribution is 7.99. The molecule has 0 spiro atoms. The van der Waals surface area contributed by atoms with Crippen molar-refractivity contribution in [2.45, 2.75) is 30.9 Å². The molecule has 1 aromatic carbocycles. The second-order valence-corrected chi connectivity index (χ2v) is 6.07. The first kappa shape index (κ1) is 12.9. The fraction of sp³-hybridized carbons (Fsp3) is 0.286. The van der Waals surface area contributed by atoms with Crippen LogP contribution in [0.25, 0.3) is 11.3 Å². The molecule has 0 aliphatic rings. The molecule has 0 saturated carbocycles. The van der Waals surface area contributed by atoms with Gasteiger partial charge in [0.2, 0.25) is 0 Å². The number of hydrogen-bond acceptors (Lipinski definition) is 4. The minimum absolute atomic E-state index is 0.512. The van der Waals surface area contributed by atoms with Crippen molar-refractivity contribution in [3.05, 3.63) is 36.2 Å². The van der Waals surface area contributed by atoms with Crippen LogP contribution in [-0.4, -0.2) is 15.2 Å². The molecule has 1 aromatic heterocycles. The summed E-state index contributed by atoms with van der Waals surface area (Å²) < 4.78 is 0. The SMILES string of the molecule is Cc1nc(N)cc(-c2ccc(SC(C)C)cc2)n1. The van der Waals surface area contributed by atoms with Gasteiger partial charge in [0, 0.05) is 21.8 Å². The topological polar surface area (TPSA) is 51.8 Å². The van der Waals surface area contributed by atoms with Crippen LogP contribution in [0.3, 0.4) is 0 Å². The number of anilines is 1. The Kier molecular flexibility index (Phi) is 3.87. The van der Waals surface area contributed by atoms with E-state index in [1.165, 1.54) is 4.90 Å². The Morgan fingerprint density at radius 3 is 2.33 bits per heavy atom. The molecule has 1 heterocycles. The molecule has 0 saturated heterocycles. The van der Waals surface area contributed by atoms with Crippen molar-refractivity contribution in [2.75, 3.05) is 5.73 Å². The Balaban J connectivity index is 2.28. The van der Waals surface area contributed by atoms with Crippen LogP contribution < -0.4 is 5.73 Å². The number of aromatic nitrogens is 2. The Bertz CT molecular complexity index is 515. The van der Waals surface area contributed by atoms with E-state index < -0.39 is 0 Å². The van der Waals surface area contributed by atoms with Crippen molar-refractivity contribution >= 4 is 17.6 Å². The number of aryl methyl sites for hydroxylation is 1. The van der Waals surface area contributed by atoms with E-state index in [0.717, 1.165) is 11.3 Å². The number of thioether (sulfide) groups is 1. The standard InChI is InChI=1S/C14H17N3S/c1-9(2)18-12-6-4-11(5-7-12)13-8-14(15)17-10(3)16-13/h4-9H,1-3H3,(H2,15,16,17). The minimum Gasteiger partial charge on any atom is -0.384 e. The molecule has 0 fully saturated rings. The van der Waals surface area contributed by atoms with Crippen LogP contribution in [0, 0.1) is 6.92 Å². The normalized spacial score (nSPS) is 10.9. The molecule has 0 aliphatic carbocycles. The van der Waals surface area contributed by atoms with Crippen molar-refractivity contribution in [3.63, 3.8) is 0 Å². The van der Waals surface area contributed by atoms with E-state index >= 15 is 0 Å². The Morgan fingerprint density at radius 1 is 1.11 bits per heavy atom. The van der Waals surface area contributed by atoms with Gasteiger partial charge < -0.3 is 5.73 Å². The van der Waals surface area contributed by atoms with Crippen molar-refractivity contribution in [1.29, 1.82) is 0 Å². The van der Waals surface area contributed by atoms with E-state index in [4.69, 9.17) is 5.73 Å². The van der Waals surface area contributed by atoms with E-state index in [0.29, 0.717) is 16.9 Å². The number of nitrogens with zero attached hydrogens (tertiary/aromatic N) is 2. The lowest BCUT2D eigenvalue weighted by molar-refractivity contribution is 1.07. The summed E-state index contributed by atoms with van der Waals surface area (Å²) in [4.78, 5) is 9.75. The highest BCUT2D eigenvalue weighted by atomic mass is 32.2. The predicted octanol–water partition coefficient (Wildman–Crippen LogP) is 3.53. The zero-order valence-electron chi connectivity index (χ0n) is 10.8. The molecule has 18 heavy (non-hydrogen) atoms. The van der Waals surface area contributed by atoms with E-state index in [2.05, 4.69) is 48.1 Å². The zero-order chi connectivity index (χ0) is 13.1. The number of nitrogen functional groups attached to an aromatic ring is 1. The van der Waals surface area contributed by atoms with E-state index in [1.807, 2.05) is 18.7 Å². The monoisotopic (exact) mass is 259 g/mol. The number of benzene rings is 1. The maximum atomic E-state index is 5.74. The summed E-state index contributed by atoms with van der Waals surface area (Å²) in [6.45, 7) is 6.23. The van der Waals surface area contributed by atoms with Crippen molar-refractivity contribution in [3.8, 4) is 11.3 Å². The van der Waals surface area contributed by atoms with Gasteiger partial charge in [0.05, 0.1) is 5.69 Å². The molecule has 0 atom stereocenters. The summed E-state index contributed by atoms with van der Waals surface area (Å²) >= 11 is 1.85. The highest BCUT2D eigenvalue weighted by Gasteiger charge is 2.04. The molecular weight excluding hydrogens is 242 g/mol. The van der Waals surface area contributed by atoms with E-state index in [1.54, 1.807) is 6.07 Å². The summed E-state index contributed by atoms with van der Waals surface area (Å²) in [5, 5.41) is 0.591. The van der Waals surface area contributed by atoms with Gasteiger partial charge in [-0.15, -0.1) is 11.8 Å². The number of rotatable bonds is 3. The summed E-state index contributed by atoms with van der Waals surface area (Å²) in [5.41, 5.74) is 7.68. The summed E-state index contributed by atoms with van der Waals surface area (Å²) in [6.07, 6.45) is 0. The third kappa shape index (κ3) is 3.23. The molecule has 3 nitrogen and oxygen atoms in total. The van der Waals surface area contributed by atoms with Crippen LogP contribution >= 0.6 is 11.8 Å². The van der Waals surface area contributed by atoms with Gasteiger partial charge in [-0.25, -0.2) is 9.97 Å². The largest absolute Gasteiger partial charge is 0.384 e. The van der Waals surface area contributed by atoms with Gasteiger partial charge in [0.15, 0.2) is 0 Å². The van der Waals surface area contributed by atoms with E-state index in [9.17, 15) is 0 Å². The molecule has 94 valence electrons. The smallest absolute Gasteiger partial charge is 0.128 e.